The van der Waals surface area contributed by atoms with Crippen molar-refractivity contribution in [1.82, 2.24) is 0 Å². The van der Waals surface area contributed by atoms with E-state index in [9.17, 15) is 4.79 Å². The number of carbonyl (C=O) groups excluding carboxylic acids is 1. The molecule has 1 aliphatic heterocycles. The monoisotopic (exact) mass is 317 g/mol. The molecule has 1 fully saturated rings. The second-order valence-electron chi connectivity index (χ2n) is 6.21. The van der Waals surface area contributed by atoms with Crippen LogP contribution in [0.25, 0.3) is 10.8 Å². The molecule has 1 heterocycles. The molecule has 120 valence electrons. The summed E-state index contributed by atoms with van der Waals surface area (Å²) in [5, 5.41) is 2.42. The number of fused-ring (bicyclic) bond motifs is 1. The molecular formula is C21H19NO2. The third-order valence-electron chi connectivity index (χ3n) is 4.87. The third kappa shape index (κ3) is 2.16. The summed E-state index contributed by atoms with van der Waals surface area (Å²) >= 11 is 0. The van der Waals surface area contributed by atoms with Gasteiger partial charge >= 0.3 is 0 Å². The molecule has 0 bridgehead atoms. The summed E-state index contributed by atoms with van der Waals surface area (Å²) in [5.74, 6) is 0.942. The van der Waals surface area contributed by atoms with Crippen molar-refractivity contribution < 1.29 is 9.53 Å². The van der Waals surface area contributed by atoms with Gasteiger partial charge < -0.3 is 9.64 Å². The van der Waals surface area contributed by atoms with Crippen LogP contribution in [0.3, 0.4) is 0 Å². The highest BCUT2D eigenvalue weighted by molar-refractivity contribution is 6.04. The third-order valence-corrected chi connectivity index (χ3v) is 4.87. The fourth-order valence-corrected chi connectivity index (χ4v) is 3.58. The molecule has 1 saturated heterocycles. The second-order valence-corrected chi connectivity index (χ2v) is 6.21. The summed E-state index contributed by atoms with van der Waals surface area (Å²) in [5.41, 5.74) is 2.12. The number of hydrogen-bond donors (Lipinski definition) is 0. The lowest BCUT2D eigenvalue weighted by atomic mass is 9.81. The molecule has 4 rings (SSSR count). The van der Waals surface area contributed by atoms with Crippen LogP contribution >= 0.6 is 0 Å². The molecule has 2 atom stereocenters. The van der Waals surface area contributed by atoms with Crippen LogP contribution in [0.4, 0.5) is 5.69 Å². The molecular weight excluding hydrogens is 298 g/mol. The van der Waals surface area contributed by atoms with Crippen LogP contribution in [-0.4, -0.2) is 13.0 Å². The summed E-state index contributed by atoms with van der Waals surface area (Å²) in [6, 6.07) is 22.4. The fraction of sp³-hybridized carbons (Fsp3) is 0.190. The predicted molar refractivity (Wildman–Crippen MR) is 96.3 cm³/mol. The number of hydrogen-bond acceptors (Lipinski definition) is 2. The Labute approximate surface area is 141 Å². The van der Waals surface area contributed by atoms with Crippen LogP contribution in [0.1, 0.15) is 18.5 Å². The zero-order valence-corrected chi connectivity index (χ0v) is 13.8. The summed E-state index contributed by atoms with van der Waals surface area (Å²) in [7, 11) is 1.64. The van der Waals surface area contributed by atoms with Crippen LogP contribution in [0.15, 0.2) is 66.7 Å². The molecule has 0 saturated carbocycles. The van der Waals surface area contributed by atoms with Crippen LogP contribution in [0, 0.1) is 5.92 Å². The minimum Gasteiger partial charge on any atom is -0.497 e. The van der Waals surface area contributed by atoms with Gasteiger partial charge in [-0.15, -0.1) is 0 Å². The molecule has 0 radical (unpaired) electrons. The highest BCUT2D eigenvalue weighted by atomic mass is 16.5. The van der Waals surface area contributed by atoms with E-state index in [2.05, 4.69) is 36.4 Å². The van der Waals surface area contributed by atoms with Crippen LogP contribution in [-0.2, 0) is 4.79 Å². The Hall–Kier alpha value is -2.81. The van der Waals surface area contributed by atoms with Crippen molar-refractivity contribution in [2.45, 2.75) is 13.0 Å². The lowest BCUT2D eigenvalue weighted by Gasteiger charge is -2.46. The largest absolute Gasteiger partial charge is 0.497 e. The van der Waals surface area contributed by atoms with Crippen molar-refractivity contribution in [2.75, 3.05) is 12.0 Å². The van der Waals surface area contributed by atoms with Crippen molar-refractivity contribution in [3.63, 3.8) is 0 Å². The maximum Gasteiger partial charge on any atom is 0.232 e. The maximum atomic E-state index is 12.5. The lowest BCUT2D eigenvalue weighted by Crippen LogP contribution is -2.54. The maximum absolute atomic E-state index is 12.5. The minimum atomic E-state index is -0.0158. The summed E-state index contributed by atoms with van der Waals surface area (Å²) in [4.78, 5) is 14.4. The second kappa shape index (κ2) is 5.68. The van der Waals surface area contributed by atoms with Gasteiger partial charge in [-0.2, -0.15) is 0 Å². The molecule has 0 spiro atoms. The zero-order chi connectivity index (χ0) is 16.7. The van der Waals surface area contributed by atoms with Gasteiger partial charge in [0, 0.05) is 5.69 Å². The fourth-order valence-electron chi connectivity index (χ4n) is 3.58. The Morgan fingerprint density at radius 3 is 2.38 bits per heavy atom. The number of nitrogens with zero attached hydrogens (tertiary/aromatic N) is 1. The standard InChI is InChI=1S/C21H19NO2/c1-14-20(19-9-5-7-15-6-3-4-8-18(15)19)22(21(14)23)16-10-12-17(24-2)13-11-16/h3-14,20H,1-2H3. The van der Waals surface area contributed by atoms with Crippen molar-refractivity contribution in [3.8, 4) is 5.75 Å². The van der Waals surface area contributed by atoms with Gasteiger partial charge in [-0.3, -0.25) is 4.79 Å². The Morgan fingerprint density at radius 2 is 1.62 bits per heavy atom. The van der Waals surface area contributed by atoms with Crippen molar-refractivity contribution in [1.29, 1.82) is 0 Å². The van der Waals surface area contributed by atoms with Gasteiger partial charge in [0.15, 0.2) is 0 Å². The van der Waals surface area contributed by atoms with Gasteiger partial charge in [0.25, 0.3) is 0 Å². The number of rotatable bonds is 3. The molecule has 3 aromatic rings. The first-order valence-electron chi connectivity index (χ1n) is 8.15. The van der Waals surface area contributed by atoms with Gasteiger partial charge in [-0.1, -0.05) is 49.4 Å². The van der Waals surface area contributed by atoms with E-state index in [1.54, 1.807) is 7.11 Å². The number of methoxy groups -OCH3 is 1. The number of anilines is 1. The molecule has 1 amide bonds. The summed E-state index contributed by atoms with van der Waals surface area (Å²) in [6.45, 7) is 2.01. The Morgan fingerprint density at radius 1 is 0.917 bits per heavy atom. The van der Waals surface area contributed by atoms with Gasteiger partial charge in [0.05, 0.1) is 19.1 Å². The summed E-state index contributed by atoms with van der Waals surface area (Å²) in [6.07, 6.45) is 0. The van der Waals surface area contributed by atoms with E-state index >= 15 is 0 Å². The predicted octanol–water partition coefficient (Wildman–Crippen LogP) is 4.57. The molecule has 3 nitrogen and oxygen atoms in total. The molecule has 3 aromatic carbocycles. The zero-order valence-electron chi connectivity index (χ0n) is 13.8. The van der Waals surface area contributed by atoms with E-state index in [1.807, 2.05) is 42.2 Å². The van der Waals surface area contributed by atoms with Crippen LogP contribution in [0.5, 0.6) is 5.75 Å². The first kappa shape index (κ1) is 14.8. The number of β-lactam (4-membered cyclic amide) rings is 1. The number of amides is 1. The van der Waals surface area contributed by atoms with Gasteiger partial charge in [0.2, 0.25) is 5.91 Å². The first-order valence-corrected chi connectivity index (χ1v) is 8.15. The molecule has 1 aliphatic rings. The van der Waals surface area contributed by atoms with Crippen LogP contribution in [0.2, 0.25) is 0 Å². The minimum absolute atomic E-state index is 0.0158. The molecule has 3 heteroatoms. The van der Waals surface area contributed by atoms with Gasteiger partial charge in [-0.05, 0) is 40.6 Å². The van der Waals surface area contributed by atoms with Crippen molar-refractivity contribution in [3.05, 3.63) is 72.3 Å². The van der Waals surface area contributed by atoms with E-state index in [0.717, 1.165) is 11.4 Å². The Bertz CT molecular complexity index is 896. The average molecular weight is 317 g/mol. The SMILES string of the molecule is COc1ccc(N2C(=O)C(C)C2c2cccc3ccccc23)cc1. The molecule has 0 aromatic heterocycles. The smallest absolute Gasteiger partial charge is 0.232 e. The van der Waals surface area contributed by atoms with E-state index in [4.69, 9.17) is 4.74 Å². The Kier molecular flexibility index (Phi) is 3.49. The normalized spacial score (nSPS) is 20.1. The van der Waals surface area contributed by atoms with Crippen molar-refractivity contribution >= 4 is 22.4 Å². The lowest BCUT2D eigenvalue weighted by molar-refractivity contribution is -0.129. The van der Waals surface area contributed by atoms with Gasteiger partial charge in [0.1, 0.15) is 5.75 Å². The van der Waals surface area contributed by atoms with E-state index < -0.39 is 0 Å². The van der Waals surface area contributed by atoms with Crippen molar-refractivity contribution in [2.24, 2.45) is 5.92 Å². The number of benzene rings is 3. The average Bonchev–Trinajstić information content (AvgIpc) is 2.65. The quantitative estimate of drug-likeness (QED) is 0.662. The highest BCUT2D eigenvalue weighted by Gasteiger charge is 2.46. The van der Waals surface area contributed by atoms with Gasteiger partial charge in [-0.25, -0.2) is 0 Å². The highest BCUT2D eigenvalue weighted by Crippen LogP contribution is 2.45. The molecule has 2 unspecified atom stereocenters. The topological polar surface area (TPSA) is 29.5 Å². The molecule has 0 aliphatic carbocycles. The first-order chi connectivity index (χ1) is 11.7. The molecule has 0 N–H and O–H groups in total. The summed E-state index contributed by atoms with van der Waals surface area (Å²) < 4.78 is 5.21. The molecule has 24 heavy (non-hydrogen) atoms. The van der Waals surface area contributed by atoms with E-state index in [0.29, 0.717) is 0 Å². The number of carbonyl (C=O) groups is 1. The number of ether oxygens (including phenoxy) is 1. The van der Waals surface area contributed by atoms with E-state index in [1.165, 1.54) is 16.3 Å². The van der Waals surface area contributed by atoms with E-state index in [-0.39, 0.29) is 17.9 Å². The Balaban J connectivity index is 1.78. The van der Waals surface area contributed by atoms with Crippen LogP contribution < -0.4 is 9.64 Å².